The minimum absolute atomic E-state index is 0.272. The summed E-state index contributed by atoms with van der Waals surface area (Å²) in [4.78, 5) is 12.4. The van der Waals surface area contributed by atoms with Crippen LogP contribution in [-0.2, 0) is 4.74 Å². The summed E-state index contributed by atoms with van der Waals surface area (Å²) in [5, 5.41) is 8.04. The van der Waals surface area contributed by atoms with Gasteiger partial charge in [0.2, 0.25) is 5.89 Å². The molecule has 0 amide bonds. The third-order valence-electron chi connectivity index (χ3n) is 3.97. The van der Waals surface area contributed by atoms with Crippen molar-refractivity contribution in [3.63, 3.8) is 0 Å². The summed E-state index contributed by atoms with van der Waals surface area (Å²) in [7, 11) is 0. The summed E-state index contributed by atoms with van der Waals surface area (Å²) < 4.78 is 11.1. The number of carbonyl (C=O) groups excluding carboxylic acids is 1. The number of ether oxygens (including phenoxy) is 1. The van der Waals surface area contributed by atoms with E-state index in [1.54, 1.807) is 13.0 Å². The van der Waals surface area contributed by atoms with Crippen LogP contribution in [0.1, 0.15) is 46.0 Å². The molecule has 5 heteroatoms. The topological polar surface area (TPSA) is 65.2 Å². The molecule has 5 nitrogen and oxygen atoms in total. The number of carbonyl (C=O) groups is 1. The van der Waals surface area contributed by atoms with Crippen LogP contribution in [0.15, 0.2) is 46.9 Å². The van der Waals surface area contributed by atoms with Crippen LogP contribution in [0.4, 0.5) is 0 Å². The van der Waals surface area contributed by atoms with Gasteiger partial charge in [0.25, 0.3) is 5.89 Å². The highest BCUT2D eigenvalue weighted by Crippen LogP contribution is 2.24. The average Bonchev–Trinajstić information content (AvgIpc) is 3.05. The molecule has 3 rings (SSSR count). The summed E-state index contributed by atoms with van der Waals surface area (Å²) in [6.45, 7) is 7.59. The zero-order chi connectivity index (χ0) is 18.0. The lowest BCUT2D eigenvalue weighted by Gasteiger charge is -2.11. The summed E-state index contributed by atoms with van der Waals surface area (Å²) >= 11 is 0. The first kappa shape index (κ1) is 16.9. The number of nitrogens with zero attached hydrogens (tertiary/aromatic N) is 2. The van der Waals surface area contributed by atoms with Crippen molar-refractivity contribution < 1.29 is 13.9 Å². The summed E-state index contributed by atoms with van der Waals surface area (Å²) in [6, 6.07) is 13.4. The Hall–Kier alpha value is -2.95. The van der Waals surface area contributed by atoms with Gasteiger partial charge in [0.1, 0.15) is 0 Å². The van der Waals surface area contributed by atoms with Crippen molar-refractivity contribution in [2.75, 3.05) is 0 Å². The molecule has 0 bridgehead atoms. The minimum atomic E-state index is -0.625. The molecular formula is C20H20N2O3. The Morgan fingerprint density at radius 2 is 1.68 bits per heavy atom. The lowest BCUT2D eigenvalue weighted by atomic mass is 10.1. The lowest BCUT2D eigenvalue weighted by molar-refractivity contribution is 0.0279. The maximum absolute atomic E-state index is 12.4. The van der Waals surface area contributed by atoms with E-state index in [0.717, 1.165) is 22.3 Å². The molecule has 0 aliphatic rings. The molecule has 0 aliphatic heterocycles. The number of hydrogen-bond acceptors (Lipinski definition) is 5. The Bertz CT molecular complexity index is 898. The molecule has 1 aromatic heterocycles. The zero-order valence-corrected chi connectivity index (χ0v) is 14.7. The van der Waals surface area contributed by atoms with Gasteiger partial charge in [-0.15, -0.1) is 10.2 Å². The Balaban J connectivity index is 1.74. The van der Waals surface area contributed by atoms with Gasteiger partial charge in [0.15, 0.2) is 6.10 Å². The van der Waals surface area contributed by atoms with Gasteiger partial charge in [-0.25, -0.2) is 4.79 Å². The summed E-state index contributed by atoms with van der Waals surface area (Å²) in [5.41, 5.74) is 4.50. The number of aromatic nitrogens is 2. The molecule has 2 aromatic carbocycles. The van der Waals surface area contributed by atoms with Gasteiger partial charge < -0.3 is 9.15 Å². The second-order valence-corrected chi connectivity index (χ2v) is 6.18. The number of rotatable bonds is 4. The predicted molar refractivity (Wildman–Crippen MR) is 94.2 cm³/mol. The van der Waals surface area contributed by atoms with E-state index in [9.17, 15) is 4.79 Å². The SMILES string of the molecule is Cc1ccc(-c2nnc([C@@H](C)OC(=O)c3ccc(C)cc3C)o2)cc1. The summed E-state index contributed by atoms with van der Waals surface area (Å²) in [5.74, 6) is 0.276. The standard InChI is InChI=1S/C20H20N2O3/c1-12-5-8-16(9-6-12)19-22-21-18(25-19)15(4)24-20(23)17-10-7-13(2)11-14(17)3/h5-11,15H,1-4H3/t15-/m1/s1. The second kappa shape index (κ2) is 6.89. The van der Waals surface area contributed by atoms with Crippen molar-refractivity contribution in [1.29, 1.82) is 0 Å². The largest absolute Gasteiger partial charge is 0.449 e. The van der Waals surface area contributed by atoms with Gasteiger partial charge in [-0.2, -0.15) is 0 Å². The molecule has 1 heterocycles. The molecule has 0 N–H and O–H groups in total. The molecule has 0 radical (unpaired) electrons. The Kier molecular flexibility index (Phi) is 4.65. The van der Waals surface area contributed by atoms with Crippen LogP contribution in [0.3, 0.4) is 0 Å². The van der Waals surface area contributed by atoms with Gasteiger partial charge in [-0.3, -0.25) is 0 Å². The van der Waals surface area contributed by atoms with E-state index in [-0.39, 0.29) is 5.89 Å². The maximum Gasteiger partial charge on any atom is 0.339 e. The quantitative estimate of drug-likeness (QED) is 0.652. The van der Waals surface area contributed by atoms with E-state index in [2.05, 4.69) is 10.2 Å². The Labute approximate surface area is 146 Å². The molecule has 128 valence electrons. The van der Waals surface area contributed by atoms with E-state index in [1.807, 2.05) is 57.2 Å². The van der Waals surface area contributed by atoms with Gasteiger partial charge in [0, 0.05) is 5.56 Å². The predicted octanol–water partition coefficient (Wildman–Crippen LogP) is 4.58. The molecule has 1 atom stereocenters. The Morgan fingerprint density at radius 1 is 1.00 bits per heavy atom. The number of benzene rings is 2. The fraction of sp³-hybridized carbons (Fsp3) is 0.250. The number of hydrogen-bond donors (Lipinski definition) is 0. The number of esters is 1. The summed E-state index contributed by atoms with van der Waals surface area (Å²) in [6.07, 6.45) is -0.625. The smallest absolute Gasteiger partial charge is 0.339 e. The minimum Gasteiger partial charge on any atom is -0.449 e. The van der Waals surface area contributed by atoms with E-state index in [0.29, 0.717) is 11.5 Å². The molecule has 0 saturated heterocycles. The van der Waals surface area contributed by atoms with Gasteiger partial charge in [-0.05, 0) is 51.5 Å². The highest BCUT2D eigenvalue weighted by Gasteiger charge is 2.20. The normalized spacial score (nSPS) is 12.0. The third-order valence-corrected chi connectivity index (χ3v) is 3.97. The van der Waals surface area contributed by atoms with Gasteiger partial charge in [-0.1, -0.05) is 35.4 Å². The van der Waals surface area contributed by atoms with E-state index in [4.69, 9.17) is 9.15 Å². The van der Waals surface area contributed by atoms with Crippen LogP contribution in [0, 0.1) is 20.8 Å². The zero-order valence-electron chi connectivity index (χ0n) is 14.7. The van der Waals surface area contributed by atoms with Crippen molar-refractivity contribution in [1.82, 2.24) is 10.2 Å². The first-order chi connectivity index (χ1) is 11.9. The molecular weight excluding hydrogens is 316 g/mol. The van der Waals surface area contributed by atoms with Crippen molar-refractivity contribution in [2.24, 2.45) is 0 Å². The van der Waals surface area contributed by atoms with E-state index in [1.165, 1.54) is 0 Å². The molecule has 0 saturated carbocycles. The fourth-order valence-corrected chi connectivity index (χ4v) is 2.53. The highest BCUT2D eigenvalue weighted by atomic mass is 16.6. The molecule has 0 unspecified atom stereocenters. The second-order valence-electron chi connectivity index (χ2n) is 6.18. The lowest BCUT2D eigenvalue weighted by Crippen LogP contribution is -2.11. The van der Waals surface area contributed by atoms with E-state index < -0.39 is 12.1 Å². The van der Waals surface area contributed by atoms with Crippen LogP contribution >= 0.6 is 0 Å². The van der Waals surface area contributed by atoms with Gasteiger partial charge in [0.05, 0.1) is 5.56 Å². The van der Waals surface area contributed by atoms with Crippen LogP contribution in [-0.4, -0.2) is 16.2 Å². The van der Waals surface area contributed by atoms with Crippen LogP contribution in [0.25, 0.3) is 11.5 Å². The molecule has 0 aliphatic carbocycles. The third kappa shape index (κ3) is 3.76. The van der Waals surface area contributed by atoms with Crippen LogP contribution < -0.4 is 0 Å². The van der Waals surface area contributed by atoms with E-state index >= 15 is 0 Å². The monoisotopic (exact) mass is 336 g/mol. The van der Waals surface area contributed by atoms with Crippen LogP contribution in [0.5, 0.6) is 0 Å². The molecule has 25 heavy (non-hydrogen) atoms. The van der Waals surface area contributed by atoms with Crippen LogP contribution in [0.2, 0.25) is 0 Å². The first-order valence-electron chi connectivity index (χ1n) is 8.12. The molecule has 0 spiro atoms. The van der Waals surface area contributed by atoms with Crippen molar-refractivity contribution in [2.45, 2.75) is 33.8 Å². The maximum atomic E-state index is 12.4. The first-order valence-corrected chi connectivity index (χ1v) is 8.12. The molecule has 3 aromatic rings. The number of aryl methyl sites for hydroxylation is 3. The van der Waals surface area contributed by atoms with Crippen molar-refractivity contribution >= 4 is 5.97 Å². The molecule has 0 fully saturated rings. The highest BCUT2D eigenvalue weighted by molar-refractivity contribution is 5.91. The average molecular weight is 336 g/mol. The fourth-order valence-electron chi connectivity index (χ4n) is 2.53. The van der Waals surface area contributed by atoms with Gasteiger partial charge >= 0.3 is 5.97 Å². The van der Waals surface area contributed by atoms with Crippen molar-refractivity contribution in [3.8, 4) is 11.5 Å². The van der Waals surface area contributed by atoms with Crippen molar-refractivity contribution in [3.05, 3.63) is 70.6 Å². The Morgan fingerprint density at radius 3 is 2.36 bits per heavy atom.